The zero-order valence-electron chi connectivity index (χ0n) is 14.0. The van der Waals surface area contributed by atoms with Crippen LogP contribution in [0.5, 0.6) is 0 Å². The Bertz CT molecular complexity index is 832. The summed E-state index contributed by atoms with van der Waals surface area (Å²) in [4.78, 5) is 17.2. The van der Waals surface area contributed by atoms with Crippen molar-refractivity contribution in [2.75, 3.05) is 17.6 Å². The van der Waals surface area contributed by atoms with Crippen LogP contribution in [0.25, 0.3) is 0 Å². The molecule has 1 aliphatic heterocycles. The first-order valence-electron chi connectivity index (χ1n) is 8.61. The lowest BCUT2D eigenvalue weighted by Gasteiger charge is -2.11. The minimum atomic E-state index is -0.0323. The van der Waals surface area contributed by atoms with Crippen LogP contribution in [0.3, 0.4) is 0 Å². The van der Waals surface area contributed by atoms with Crippen molar-refractivity contribution in [3.63, 3.8) is 0 Å². The molecule has 1 amide bonds. The van der Waals surface area contributed by atoms with E-state index in [0.29, 0.717) is 0 Å². The average Bonchev–Trinajstić information content (AvgIpc) is 3.31. The highest BCUT2D eigenvalue weighted by Crippen LogP contribution is 2.28. The summed E-state index contributed by atoms with van der Waals surface area (Å²) < 4.78 is 1.13. The molecule has 0 fully saturated rings. The van der Waals surface area contributed by atoms with Crippen LogP contribution in [0.15, 0.2) is 47.5 Å². The molecule has 128 valence electrons. The molecule has 0 radical (unpaired) electrons. The number of aryl methyl sites for hydroxylation is 2. The second-order valence-corrected chi connectivity index (χ2v) is 8.54. The van der Waals surface area contributed by atoms with E-state index in [9.17, 15) is 4.79 Å². The molecule has 0 atom stereocenters. The number of nitrogens with zero attached hydrogens (tertiary/aromatic N) is 1. The van der Waals surface area contributed by atoms with Crippen molar-refractivity contribution in [3.05, 3.63) is 64.7 Å². The summed E-state index contributed by atoms with van der Waals surface area (Å²) >= 11 is 3.53. The van der Waals surface area contributed by atoms with Crippen molar-refractivity contribution in [2.24, 2.45) is 4.99 Å². The van der Waals surface area contributed by atoms with E-state index in [-0.39, 0.29) is 5.91 Å². The number of hydrogen-bond donors (Lipinski definition) is 1. The molecule has 5 heteroatoms. The number of amides is 1. The van der Waals surface area contributed by atoms with E-state index < -0.39 is 0 Å². The Balaban J connectivity index is 1.48. The number of benzene rings is 2. The Morgan fingerprint density at radius 1 is 1.16 bits per heavy atom. The van der Waals surface area contributed by atoms with Gasteiger partial charge in [0, 0.05) is 22.8 Å². The van der Waals surface area contributed by atoms with Gasteiger partial charge in [0.15, 0.2) is 0 Å². The lowest BCUT2D eigenvalue weighted by molar-refractivity contribution is 0.102. The highest BCUT2D eigenvalue weighted by Gasteiger charge is 2.15. The van der Waals surface area contributed by atoms with Gasteiger partial charge in [0.05, 0.1) is 6.54 Å². The smallest absolute Gasteiger partial charge is 0.255 e. The first kappa shape index (κ1) is 16.7. The predicted octanol–water partition coefficient (Wildman–Crippen LogP) is 4.76. The highest BCUT2D eigenvalue weighted by atomic mass is 32.2. The summed E-state index contributed by atoms with van der Waals surface area (Å²) in [7, 11) is 0. The van der Waals surface area contributed by atoms with Gasteiger partial charge >= 0.3 is 0 Å². The van der Waals surface area contributed by atoms with Crippen molar-refractivity contribution >= 4 is 39.5 Å². The minimum absolute atomic E-state index is 0.0323. The van der Waals surface area contributed by atoms with Crippen LogP contribution in [0.1, 0.15) is 33.5 Å². The Labute approximate surface area is 156 Å². The summed E-state index contributed by atoms with van der Waals surface area (Å²) in [6.45, 7) is 0.910. The van der Waals surface area contributed by atoms with Gasteiger partial charge in [0.1, 0.15) is 4.38 Å². The Kier molecular flexibility index (Phi) is 5.13. The molecule has 1 aliphatic carbocycles. The van der Waals surface area contributed by atoms with Crippen molar-refractivity contribution in [1.82, 2.24) is 0 Å². The molecule has 2 aromatic rings. The fraction of sp³-hybridized carbons (Fsp3) is 0.300. The molecule has 0 unspecified atom stereocenters. The van der Waals surface area contributed by atoms with Crippen molar-refractivity contribution in [1.29, 1.82) is 0 Å². The topological polar surface area (TPSA) is 41.5 Å². The zero-order chi connectivity index (χ0) is 17.1. The van der Waals surface area contributed by atoms with E-state index >= 15 is 0 Å². The quantitative estimate of drug-likeness (QED) is 0.846. The Morgan fingerprint density at radius 3 is 2.92 bits per heavy atom. The number of nitrogens with one attached hydrogen (secondary N) is 1. The van der Waals surface area contributed by atoms with Gasteiger partial charge in [-0.15, -0.1) is 0 Å². The van der Waals surface area contributed by atoms with Gasteiger partial charge in [0.25, 0.3) is 5.91 Å². The van der Waals surface area contributed by atoms with Gasteiger partial charge in [-0.25, -0.2) is 0 Å². The standard InChI is InChI=1S/C20H20N2OS2/c23-19(22-17-9-8-14-5-3-6-15(14)12-17)18-7-2-1-4-16(18)13-25-20-21-10-11-24-20/h1-2,4,7-9,12H,3,5-6,10-11,13H2,(H,22,23). The number of hydrogen-bond acceptors (Lipinski definition) is 4. The molecule has 2 aromatic carbocycles. The van der Waals surface area contributed by atoms with Gasteiger partial charge in [-0.05, 0) is 54.2 Å². The van der Waals surface area contributed by atoms with Gasteiger partial charge in [-0.3, -0.25) is 9.79 Å². The third-order valence-electron chi connectivity index (χ3n) is 4.53. The van der Waals surface area contributed by atoms with E-state index in [1.54, 1.807) is 23.5 Å². The van der Waals surface area contributed by atoms with Crippen LogP contribution < -0.4 is 5.32 Å². The number of carbonyl (C=O) groups is 1. The number of aliphatic imine (C=N–C) groups is 1. The molecule has 3 nitrogen and oxygen atoms in total. The third kappa shape index (κ3) is 3.93. The second-order valence-electron chi connectivity index (χ2n) is 6.23. The van der Waals surface area contributed by atoms with E-state index in [4.69, 9.17) is 0 Å². The van der Waals surface area contributed by atoms with Gasteiger partial charge in [-0.1, -0.05) is 47.8 Å². The van der Waals surface area contributed by atoms with Gasteiger partial charge in [-0.2, -0.15) is 0 Å². The molecule has 0 spiro atoms. The van der Waals surface area contributed by atoms with Crippen LogP contribution in [-0.4, -0.2) is 22.6 Å². The minimum Gasteiger partial charge on any atom is -0.322 e. The average molecular weight is 369 g/mol. The predicted molar refractivity (Wildman–Crippen MR) is 109 cm³/mol. The summed E-state index contributed by atoms with van der Waals surface area (Å²) in [5.74, 6) is 1.82. The number of fused-ring (bicyclic) bond motifs is 1. The van der Waals surface area contributed by atoms with E-state index in [1.165, 1.54) is 17.5 Å². The van der Waals surface area contributed by atoms with Crippen LogP contribution >= 0.6 is 23.5 Å². The summed E-state index contributed by atoms with van der Waals surface area (Å²) in [6.07, 6.45) is 3.49. The van der Waals surface area contributed by atoms with E-state index in [2.05, 4.69) is 22.4 Å². The molecule has 0 aromatic heterocycles. The normalized spacial score (nSPS) is 15.8. The summed E-state index contributed by atoms with van der Waals surface area (Å²) in [6, 6.07) is 14.1. The summed E-state index contributed by atoms with van der Waals surface area (Å²) in [5, 5.41) is 3.07. The molecule has 1 heterocycles. The molecule has 25 heavy (non-hydrogen) atoms. The van der Waals surface area contributed by atoms with Crippen LogP contribution in [-0.2, 0) is 18.6 Å². The molecule has 2 aliphatic rings. The first-order valence-corrected chi connectivity index (χ1v) is 10.6. The zero-order valence-corrected chi connectivity index (χ0v) is 15.6. The summed E-state index contributed by atoms with van der Waals surface area (Å²) in [5.41, 5.74) is 5.49. The monoisotopic (exact) mass is 368 g/mol. The molecular formula is C20H20N2OS2. The maximum absolute atomic E-state index is 12.8. The van der Waals surface area contributed by atoms with Crippen molar-refractivity contribution in [2.45, 2.75) is 25.0 Å². The maximum atomic E-state index is 12.8. The second kappa shape index (κ2) is 7.67. The third-order valence-corrected chi connectivity index (χ3v) is 6.83. The van der Waals surface area contributed by atoms with Crippen LogP contribution in [0, 0.1) is 0 Å². The molecule has 4 rings (SSSR count). The van der Waals surface area contributed by atoms with Crippen LogP contribution in [0.2, 0.25) is 0 Å². The first-order chi connectivity index (χ1) is 12.3. The molecule has 1 N–H and O–H groups in total. The highest BCUT2D eigenvalue weighted by molar-refractivity contribution is 8.38. The van der Waals surface area contributed by atoms with Gasteiger partial charge < -0.3 is 5.32 Å². The Morgan fingerprint density at radius 2 is 2.04 bits per heavy atom. The van der Waals surface area contributed by atoms with Crippen LogP contribution in [0.4, 0.5) is 5.69 Å². The number of thioether (sulfide) groups is 2. The van der Waals surface area contributed by atoms with Gasteiger partial charge in [0.2, 0.25) is 0 Å². The lowest BCUT2D eigenvalue weighted by atomic mass is 10.1. The van der Waals surface area contributed by atoms with E-state index in [0.717, 1.165) is 52.1 Å². The van der Waals surface area contributed by atoms with E-state index in [1.807, 2.05) is 30.3 Å². The largest absolute Gasteiger partial charge is 0.322 e. The number of anilines is 1. The Hall–Kier alpha value is -1.72. The fourth-order valence-corrected chi connectivity index (χ4v) is 5.27. The molecule has 0 saturated carbocycles. The van der Waals surface area contributed by atoms with Crippen molar-refractivity contribution in [3.8, 4) is 0 Å². The van der Waals surface area contributed by atoms with Crippen molar-refractivity contribution < 1.29 is 4.79 Å². The fourth-order valence-electron chi connectivity index (χ4n) is 3.26. The molecule has 0 bridgehead atoms. The maximum Gasteiger partial charge on any atom is 0.255 e. The molecule has 0 saturated heterocycles. The number of carbonyl (C=O) groups excluding carboxylic acids is 1. The number of rotatable bonds is 4. The lowest BCUT2D eigenvalue weighted by Crippen LogP contribution is -2.14. The SMILES string of the molecule is O=C(Nc1ccc2c(c1)CCC2)c1ccccc1CSC1=NCCS1. The molecular weight excluding hydrogens is 348 g/mol.